The van der Waals surface area contributed by atoms with Crippen molar-refractivity contribution in [3.8, 4) is 0 Å². The fourth-order valence-electron chi connectivity index (χ4n) is 3.21. The van der Waals surface area contributed by atoms with Gasteiger partial charge in [0.25, 0.3) is 5.91 Å². The Kier molecular flexibility index (Phi) is 7.20. The summed E-state index contributed by atoms with van der Waals surface area (Å²) in [6.45, 7) is 9.70. The van der Waals surface area contributed by atoms with E-state index in [1.165, 1.54) is 5.56 Å². The Hall–Kier alpha value is -2.66. The van der Waals surface area contributed by atoms with E-state index in [2.05, 4.69) is 70.4 Å². The van der Waals surface area contributed by atoms with E-state index in [4.69, 9.17) is 0 Å². The summed E-state index contributed by atoms with van der Waals surface area (Å²) in [6, 6.07) is 12.3. The first-order valence-electron chi connectivity index (χ1n) is 10.0. The molecular formula is C23H30N4O. The number of pyridine rings is 1. The Morgan fingerprint density at radius 3 is 2.61 bits per heavy atom. The number of nitrogens with zero attached hydrogens (tertiary/aromatic N) is 3. The number of nitrogens with one attached hydrogen (secondary N) is 1. The highest BCUT2D eigenvalue weighted by Gasteiger charge is 2.17. The number of carbonyl (C=O) groups excluding carboxylic acids is 1. The lowest BCUT2D eigenvalue weighted by atomic mass is 10.2. The number of amides is 1. The van der Waals surface area contributed by atoms with Crippen molar-refractivity contribution in [2.45, 2.75) is 13.8 Å². The molecule has 1 aliphatic heterocycles. The molecule has 1 saturated heterocycles. The summed E-state index contributed by atoms with van der Waals surface area (Å²) < 4.78 is 0. The molecule has 3 rings (SSSR count). The highest BCUT2D eigenvalue weighted by molar-refractivity contribution is 5.94. The van der Waals surface area contributed by atoms with Gasteiger partial charge < -0.3 is 10.2 Å². The zero-order chi connectivity index (χ0) is 19.8. The van der Waals surface area contributed by atoms with Gasteiger partial charge in [-0.2, -0.15) is 0 Å². The zero-order valence-electron chi connectivity index (χ0n) is 16.8. The summed E-state index contributed by atoms with van der Waals surface area (Å²) in [5, 5.41) is 2.96. The molecule has 0 spiro atoms. The van der Waals surface area contributed by atoms with Gasteiger partial charge in [-0.15, -0.1) is 0 Å². The van der Waals surface area contributed by atoms with Crippen molar-refractivity contribution >= 4 is 17.7 Å². The standard InChI is InChI=1S/C23H30N4O/c1-19(2)16-25-23(28)21-15-22(18-24-17-21)27-13-11-26(12-14-27)10-6-9-20-7-4-3-5-8-20/h3-9,15,17-19H,10-14,16H2,1-2H3,(H,25,28)/b9-6+. The third-order valence-corrected chi connectivity index (χ3v) is 4.87. The fraction of sp³-hybridized carbons (Fsp3) is 0.391. The Morgan fingerprint density at radius 1 is 1.14 bits per heavy atom. The predicted octanol–water partition coefficient (Wildman–Crippen LogP) is 3.30. The topological polar surface area (TPSA) is 48.5 Å². The third kappa shape index (κ3) is 5.92. The molecule has 1 aliphatic rings. The van der Waals surface area contributed by atoms with E-state index in [0.717, 1.165) is 38.4 Å². The molecule has 0 saturated carbocycles. The molecule has 0 unspecified atom stereocenters. The minimum absolute atomic E-state index is 0.0484. The number of hydrogen-bond acceptors (Lipinski definition) is 4. The summed E-state index contributed by atoms with van der Waals surface area (Å²) in [7, 11) is 0. The number of benzene rings is 1. The van der Waals surface area contributed by atoms with Crippen LogP contribution in [0.3, 0.4) is 0 Å². The van der Waals surface area contributed by atoms with Gasteiger partial charge in [-0.1, -0.05) is 56.3 Å². The molecule has 0 atom stereocenters. The molecule has 1 fully saturated rings. The lowest BCUT2D eigenvalue weighted by Crippen LogP contribution is -2.46. The van der Waals surface area contributed by atoms with Gasteiger partial charge in [0.1, 0.15) is 0 Å². The summed E-state index contributed by atoms with van der Waals surface area (Å²) in [5.41, 5.74) is 2.89. The molecule has 1 aromatic heterocycles. The quantitative estimate of drug-likeness (QED) is 0.803. The average molecular weight is 379 g/mol. The SMILES string of the molecule is CC(C)CNC(=O)c1cncc(N2CCN(C/C=C/c3ccccc3)CC2)c1. The molecule has 0 aliphatic carbocycles. The summed E-state index contributed by atoms with van der Waals surface area (Å²) in [6.07, 6.45) is 7.90. The molecule has 5 heteroatoms. The molecule has 148 valence electrons. The first-order chi connectivity index (χ1) is 13.6. The number of piperazine rings is 1. The number of aromatic nitrogens is 1. The van der Waals surface area contributed by atoms with Crippen LogP contribution in [-0.2, 0) is 0 Å². The smallest absolute Gasteiger partial charge is 0.252 e. The molecule has 0 radical (unpaired) electrons. The van der Waals surface area contributed by atoms with Crippen molar-refractivity contribution in [2.24, 2.45) is 5.92 Å². The van der Waals surface area contributed by atoms with E-state index in [9.17, 15) is 4.79 Å². The molecule has 2 heterocycles. The van der Waals surface area contributed by atoms with Gasteiger partial charge in [0.15, 0.2) is 0 Å². The predicted molar refractivity (Wildman–Crippen MR) is 116 cm³/mol. The summed E-state index contributed by atoms with van der Waals surface area (Å²) in [5.74, 6) is 0.386. The lowest BCUT2D eigenvalue weighted by molar-refractivity contribution is 0.0948. The van der Waals surface area contributed by atoms with Gasteiger partial charge in [-0.3, -0.25) is 14.7 Å². The van der Waals surface area contributed by atoms with Gasteiger partial charge in [-0.25, -0.2) is 0 Å². The fourth-order valence-corrected chi connectivity index (χ4v) is 3.21. The first-order valence-corrected chi connectivity index (χ1v) is 10.0. The van der Waals surface area contributed by atoms with Crippen LogP contribution in [0.25, 0.3) is 6.08 Å². The van der Waals surface area contributed by atoms with Crippen molar-refractivity contribution < 1.29 is 4.79 Å². The number of anilines is 1. The molecule has 0 bridgehead atoms. The maximum atomic E-state index is 12.3. The van der Waals surface area contributed by atoms with Crippen molar-refractivity contribution in [2.75, 3.05) is 44.2 Å². The second kappa shape index (κ2) is 10.0. The molecular weight excluding hydrogens is 348 g/mol. The van der Waals surface area contributed by atoms with E-state index in [1.54, 1.807) is 6.20 Å². The van der Waals surface area contributed by atoms with Crippen molar-refractivity contribution in [1.82, 2.24) is 15.2 Å². The second-order valence-electron chi connectivity index (χ2n) is 7.64. The molecule has 28 heavy (non-hydrogen) atoms. The zero-order valence-corrected chi connectivity index (χ0v) is 16.8. The van der Waals surface area contributed by atoms with Crippen molar-refractivity contribution in [3.05, 3.63) is 66.0 Å². The van der Waals surface area contributed by atoms with Gasteiger partial charge in [-0.05, 0) is 17.5 Å². The monoisotopic (exact) mass is 378 g/mol. The van der Waals surface area contributed by atoms with E-state index in [1.807, 2.05) is 18.3 Å². The van der Waals surface area contributed by atoms with Crippen molar-refractivity contribution in [3.63, 3.8) is 0 Å². The van der Waals surface area contributed by atoms with Crippen molar-refractivity contribution in [1.29, 1.82) is 0 Å². The van der Waals surface area contributed by atoms with Gasteiger partial charge in [0.2, 0.25) is 0 Å². The minimum Gasteiger partial charge on any atom is -0.368 e. The van der Waals surface area contributed by atoms with Crippen LogP contribution in [0.5, 0.6) is 0 Å². The average Bonchev–Trinajstić information content (AvgIpc) is 2.73. The van der Waals surface area contributed by atoms with Gasteiger partial charge in [0, 0.05) is 45.5 Å². The third-order valence-electron chi connectivity index (χ3n) is 4.87. The maximum absolute atomic E-state index is 12.3. The van der Waals surface area contributed by atoms with Gasteiger partial charge in [0.05, 0.1) is 17.4 Å². The van der Waals surface area contributed by atoms with Crippen LogP contribution in [0.4, 0.5) is 5.69 Å². The van der Waals surface area contributed by atoms with Crippen LogP contribution in [0.2, 0.25) is 0 Å². The molecule has 5 nitrogen and oxygen atoms in total. The van der Waals surface area contributed by atoms with Crippen LogP contribution in [0.1, 0.15) is 29.8 Å². The van der Waals surface area contributed by atoms with E-state index >= 15 is 0 Å². The Bertz CT molecular complexity index is 780. The minimum atomic E-state index is -0.0484. The largest absolute Gasteiger partial charge is 0.368 e. The molecule has 2 aromatic rings. The lowest BCUT2D eigenvalue weighted by Gasteiger charge is -2.35. The Balaban J connectivity index is 1.50. The second-order valence-corrected chi connectivity index (χ2v) is 7.64. The van der Waals surface area contributed by atoms with Crippen LogP contribution >= 0.6 is 0 Å². The highest BCUT2D eigenvalue weighted by atomic mass is 16.1. The maximum Gasteiger partial charge on any atom is 0.252 e. The molecule has 1 aromatic carbocycles. The van der Waals surface area contributed by atoms with E-state index < -0.39 is 0 Å². The van der Waals surface area contributed by atoms with Crippen LogP contribution in [-0.4, -0.2) is 55.1 Å². The number of carbonyl (C=O) groups is 1. The number of hydrogen-bond donors (Lipinski definition) is 1. The highest BCUT2D eigenvalue weighted by Crippen LogP contribution is 2.17. The van der Waals surface area contributed by atoms with Gasteiger partial charge >= 0.3 is 0 Å². The van der Waals surface area contributed by atoms with Crippen LogP contribution in [0.15, 0.2) is 54.9 Å². The summed E-state index contributed by atoms with van der Waals surface area (Å²) >= 11 is 0. The van der Waals surface area contributed by atoms with E-state index in [-0.39, 0.29) is 5.91 Å². The Morgan fingerprint density at radius 2 is 1.89 bits per heavy atom. The van der Waals surface area contributed by atoms with E-state index in [0.29, 0.717) is 18.0 Å². The molecule has 1 amide bonds. The first kappa shape index (κ1) is 20.1. The summed E-state index contributed by atoms with van der Waals surface area (Å²) in [4.78, 5) is 21.3. The number of rotatable bonds is 7. The molecule has 1 N–H and O–H groups in total. The Labute approximate surface area is 168 Å². The normalized spacial score (nSPS) is 15.3. The van der Waals surface area contributed by atoms with Crippen LogP contribution in [0, 0.1) is 5.92 Å². The van der Waals surface area contributed by atoms with Crippen LogP contribution < -0.4 is 10.2 Å².